The molecule has 0 atom stereocenters. The third kappa shape index (κ3) is 4.30. The summed E-state index contributed by atoms with van der Waals surface area (Å²) in [5.74, 6) is -0.332. The van der Waals surface area contributed by atoms with Crippen LogP contribution in [0.2, 0.25) is 0 Å². The number of nitrogens with zero attached hydrogens (tertiary/aromatic N) is 1. The molecule has 3 aromatic rings. The monoisotopic (exact) mass is 480 g/mol. The van der Waals surface area contributed by atoms with Gasteiger partial charge in [0.2, 0.25) is 0 Å². The van der Waals surface area contributed by atoms with E-state index < -0.39 is 16.7 Å². The van der Waals surface area contributed by atoms with Crippen LogP contribution in [0.25, 0.3) is 21.9 Å². The van der Waals surface area contributed by atoms with Crippen LogP contribution in [0.4, 0.5) is 18.9 Å². The minimum atomic E-state index is -4.48. The van der Waals surface area contributed by atoms with Crippen LogP contribution < -0.4 is 5.32 Å². The van der Waals surface area contributed by atoms with Crippen LogP contribution in [0, 0.1) is 10.1 Å². The quantitative estimate of drug-likeness (QED) is 0.350. The number of hydrogen-bond donors (Lipinski definition) is 1. The molecule has 3 aromatic carbocycles. The standard InChI is InChI=1S/C21H16BrF3N2O3/c1-11(2)26-20(28)13-5-8-15-16(10-18(27(29)30)19(22)17(15)9-13)12-3-6-14(7-4-12)21(23,24)25/h3-11H,1-2H3,(H,26,28). The molecular weight excluding hydrogens is 465 g/mol. The Hall–Kier alpha value is -2.94. The molecule has 0 saturated heterocycles. The van der Waals surface area contributed by atoms with Gasteiger partial charge < -0.3 is 5.32 Å². The molecule has 0 aliphatic carbocycles. The van der Waals surface area contributed by atoms with E-state index in [2.05, 4.69) is 21.2 Å². The summed E-state index contributed by atoms with van der Waals surface area (Å²) in [7, 11) is 0. The van der Waals surface area contributed by atoms with Crippen LogP contribution in [0.15, 0.2) is 53.0 Å². The van der Waals surface area contributed by atoms with Crippen molar-refractivity contribution in [1.82, 2.24) is 5.32 Å². The SMILES string of the molecule is CC(C)NC(=O)c1ccc2c(-c3ccc(C(F)(F)F)cc3)cc([N+](=O)[O-])c(Br)c2c1. The van der Waals surface area contributed by atoms with Crippen molar-refractivity contribution in [1.29, 1.82) is 0 Å². The van der Waals surface area contributed by atoms with E-state index in [1.165, 1.54) is 24.3 Å². The van der Waals surface area contributed by atoms with Gasteiger partial charge in [0.15, 0.2) is 0 Å². The first kappa shape index (κ1) is 21.8. The lowest BCUT2D eigenvalue weighted by Crippen LogP contribution is -2.29. The highest BCUT2D eigenvalue weighted by Gasteiger charge is 2.30. The van der Waals surface area contributed by atoms with E-state index in [-0.39, 0.29) is 22.1 Å². The Morgan fingerprint density at radius 3 is 2.23 bits per heavy atom. The zero-order valence-corrected chi connectivity index (χ0v) is 17.5. The Bertz CT molecular complexity index is 1140. The molecule has 5 nitrogen and oxygen atoms in total. The molecule has 0 radical (unpaired) electrons. The summed E-state index contributed by atoms with van der Waals surface area (Å²) in [4.78, 5) is 23.3. The molecule has 9 heteroatoms. The van der Waals surface area contributed by atoms with Crippen molar-refractivity contribution >= 4 is 38.3 Å². The predicted molar refractivity (Wildman–Crippen MR) is 111 cm³/mol. The van der Waals surface area contributed by atoms with Gasteiger partial charge >= 0.3 is 6.18 Å². The Kier molecular flexibility index (Phi) is 5.85. The number of nitro benzene ring substituents is 1. The van der Waals surface area contributed by atoms with Gasteiger partial charge in [0.05, 0.1) is 10.5 Å². The number of fused-ring (bicyclic) bond motifs is 1. The molecule has 1 N–H and O–H groups in total. The largest absolute Gasteiger partial charge is 0.416 e. The van der Waals surface area contributed by atoms with E-state index in [0.29, 0.717) is 27.5 Å². The molecule has 0 fully saturated rings. The molecule has 0 aliphatic rings. The first-order valence-electron chi connectivity index (χ1n) is 8.88. The van der Waals surface area contributed by atoms with Crippen LogP contribution in [-0.4, -0.2) is 16.9 Å². The minimum absolute atomic E-state index is 0.0931. The highest BCUT2D eigenvalue weighted by atomic mass is 79.9. The van der Waals surface area contributed by atoms with Gasteiger partial charge in [0.25, 0.3) is 11.6 Å². The molecule has 0 saturated carbocycles. The van der Waals surface area contributed by atoms with Crippen molar-refractivity contribution in [2.75, 3.05) is 0 Å². The van der Waals surface area contributed by atoms with E-state index in [4.69, 9.17) is 0 Å². The van der Waals surface area contributed by atoms with Gasteiger partial charge in [-0.15, -0.1) is 0 Å². The third-order valence-electron chi connectivity index (χ3n) is 4.45. The van der Waals surface area contributed by atoms with Crippen molar-refractivity contribution in [2.24, 2.45) is 0 Å². The Morgan fingerprint density at radius 1 is 1.07 bits per heavy atom. The molecule has 0 bridgehead atoms. The number of halogens is 4. The number of benzene rings is 3. The maximum atomic E-state index is 12.9. The topological polar surface area (TPSA) is 72.2 Å². The summed E-state index contributed by atoms with van der Waals surface area (Å²) < 4.78 is 38.8. The average molecular weight is 481 g/mol. The first-order valence-corrected chi connectivity index (χ1v) is 9.67. The highest BCUT2D eigenvalue weighted by Crippen LogP contribution is 2.41. The minimum Gasteiger partial charge on any atom is -0.350 e. The Balaban J connectivity index is 2.22. The van der Waals surface area contributed by atoms with Gasteiger partial charge in [-0.1, -0.05) is 18.2 Å². The number of carbonyl (C=O) groups excluding carboxylic acids is 1. The van der Waals surface area contributed by atoms with Crippen LogP contribution >= 0.6 is 15.9 Å². The summed E-state index contributed by atoms with van der Waals surface area (Å²) in [6.07, 6.45) is -4.48. The number of hydrogen-bond acceptors (Lipinski definition) is 3. The summed E-state index contributed by atoms with van der Waals surface area (Å²) in [5.41, 5.74) is 0.0387. The lowest BCUT2D eigenvalue weighted by Gasteiger charge is -2.13. The molecule has 0 unspecified atom stereocenters. The fourth-order valence-corrected chi connectivity index (χ4v) is 3.66. The summed E-state index contributed by atoms with van der Waals surface area (Å²) in [5, 5.41) is 15.3. The number of nitrogens with one attached hydrogen (secondary N) is 1. The van der Waals surface area contributed by atoms with Crippen molar-refractivity contribution in [2.45, 2.75) is 26.1 Å². The molecule has 0 heterocycles. The Morgan fingerprint density at radius 2 is 1.70 bits per heavy atom. The number of nitro groups is 1. The van der Waals surface area contributed by atoms with Crippen molar-refractivity contribution in [3.63, 3.8) is 0 Å². The molecule has 3 rings (SSSR count). The second-order valence-corrected chi connectivity index (χ2v) is 7.77. The third-order valence-corrected chi connectivity index (χ3v) is 5.29. The molecule has 0 spiro atoms. The van der Waals surface area contributed by atoms with Crippen LogP contribution in [0.5, 0.6) is 0 Å². The van der Waals surface area contributed by atoms with E-state index in [1.807, 2.05) is 13.8 Å². The van der Waals surface area contributed by atoms with Gasteiger partial charge in [-0.2, -0.15) is 13.2 Å². The second kappa shape index (κ2) is 8.06. The van der Waals surface area contributed by atoms with Crippen LogP contribution in [0.3, 0.4) is 0 Å². The van der Waals surface area contributed by atoms with Gasteiger partial charge in [-0.3, -0.25) is 14.9 Å². The van der Waals surface area contributed by atoms with E-state index in [9.17, 15) is 28.1 Å². The fourth-order valence-electron chi connectivity index (χ4n) is 3.07. The number of amides is 1. The van der Waals surface area contributed by atoms with Crippen molar-refractivity contribution < 1.29 is 22.9 Å². The van der Waals surface area contributed by atoms with Crippen molar-refractivity contribution in [3.8, 4) is 11.1 Å². The Labute approximate surface area is 178 Å². The van der Waals surface area contributed by atoms with Crippen LogP contribution in [-0.2, 0) is 6.18 Å². The van der Waals surface area contributed by atoms with Gasteiger partial charge in [-0.25, -0.2) is 0 Å². The van der Waals surface area contributed by atoms with Gasteiger partial charge in [0.1, 0.15) is 4.47 Å². The second-order valence-electron chi connectivity index (χ2n) is 6.98. The van der Waals surface area contributed by atoms with E-state index in [0.717, 1.165) is 12.1 Å². The van der Waals surface area contributed by atoms with Crippen molar-refractivity contribution in [3.05, 3.63) is 74.2 Å². The molecular formula is C21H16BrF3N2O3. The molecule has 0 aromatic heterocycles. The number of carbonyl (C=O) groups is 1. The summed E-state index contributed by atoms with van der Waals surface area (Å²) in [6, 6.07) is 10.4. The zero-order valence-electron chi connectivity index (χ0n) is 15.9. The average Bonchev–Trinajstić information content (AvgIpc) is 2.66. The lowest BCUT2D eigenvalue weighted by molar-refractivity contribution is -0.385. The molecule has 0 aliphatic heterocycles. The highest BCUT2D eigenvalue weighted by molar-refractivity contribution is 9.10. The van der Waals surface area contributed by atoms with Gasteiger partial charge in [-0.05, 0) is 70.6 Å². The summed E-state index contributed by atoms with van der Waals surface area (Å²) >= 11 is 3.24. The normalized spacial score (nSPS) is 11.7. The number of alkyl halides is 3. The molecule has 1 amide bonds. The molecule has 156 valence electrons. The fraction of sp³-hybridized carbons (Fsp3) is 0.190. The molecule has 30 heavy (non-hydrogen) atoms. The van der Waals surface area contributed by atoms with E-state index in [1.54, 1.807) is 12.1 Å². The summed E-state index contributed by atoms with van der Waals surface area (Å²) in [6.45, 7) is 3.62. The maximum Gasteiger partial charge on any atom is 0.416 e. The van der Waals surface area contributed by atoms with Crippen LogP contribution in [0.1, 0.15) is 29.8 Å². The van der Waals surface area contributed by atoms with Gasteiger partial charge in [0, 0.05) is 23.1 Å². The van der Waals surface area contributed by atoms with E-state index >= 15 is 0 Å². The maximum absolute atomic E-state index is 12.9. The number of rotatable bonds is 4. The lowest BCUT2D eigenvalue weighted by atomic mass is 9.95. The zero-order chi connectivity index (χ0) is 22.2. The smallest absolute Gasteiger partial charge is 0.350 e. The first-order chi connectivity index (χ1) is 14.0. The predicted octanol–water partition coefficient (Wildman–Crippen LogP) is 6.33.